The van der Waals surface area contributed by atoms with E-state index < -0.39 is 11.9 Å². The first-order chi connectivity index (χ1) is 13.0. The molecule has 2 aromatic carbocycles. The molecule has 0 bridgehead atoms. The molecule has 1 N–H and O–H groups in total. The van der Waals surface area contributed by atoms with Gasteiger partial charge in [-0.2, -0.15) is 0 Å². The number of furan rings is 1. The molecule has 0 aliphatic carbocycles. The molecular weight excluding hydrogens is 346 g/mol. The number of fused-ring (bicyclic) bond motifs is 1. The highest BCUT2D eigenvalue weighted by Gasteiger charge is 2.15. The minimum Gasteiger partial charge on any atom is -0.482 e. The van der Waals surface area contributed by atoms with E-state index in [9.17, 15) is 9.59 Å². The second kappa shape index (κ2) is 8.40. The zero-order valence-corrected chi connectivity index (χ0v) is 15.2. The van der Waals surface area contributed by atoms with E-state index in [1.807, 2.05) is 55.5 Å². The highest BCUT2D eigenvalue weighted by Crippen LogP contribution is 2.23. The average molecular weight is 367 g/mol. The molecule has 6 heteroatoms. The van der Waals surface area contributed by atoms with Crippen LogP contribution in [0.2, 0.25) is 0 Å². The Morgan fingerprint density at radius 3 is 2.59 bits per heavy atom. The van der Waals surface area contributed by atoms with Crippen molar-refractivity contribution in [2.45, 2.75) is 19.9 Å². The van der Waals surface area contributed by atoms with Gasteiger partial charge in [0.25, 0.3) is 5.91 Å². The molecule has 0 fully saturated rings. The molecule has 0 radical (unpaired) electrons. The molecule has 3 rings (SSSR count). The summed E-state index contributed by atoms with van der Waals surface area (Å²) in [5, 5.41) is 3.71. The predicted octanol–water partition coefficient (Wildman–Crippen LogP) is 3.54. The van der Waals surface area contributed by atoms with Gasteiger partial charge in [-0.15, -0.1) is 0 Å². The first-order valence-electron chi connectivity index (χ1n) is 8.65. The number of hydrogen-bond donors (Lipinski definition) is 1. The van der Waals surface area contributed by atoms with Crippen LogP contribution in [0.15, 0.2) is 59.0 Å². The Morgan fingerprint density at radius 2 is 1.81 bits per heavy atom. The minimum absolute atomic E-state index is 0.253. The van der Waals surface area contributed by atoms with Gasteiger partial charge in [0.15, 0.2) is 13.2 Å². The van der Waals surface area contributed by atoms with Crippen molar-refractivity contribution in [1.29, 1.82) is 0 Å². The summed E-state index contributed by atoms with van der Waals surface area (Å²) in [6, 6.07) is 16.5. The van der Waals surface area contributed by atoms with Crippen molar-refractivity contribution in [3.63, 3.8) is 0 Å². The minimum atomic E-state index is -0.607. The van der Waals surface area contributed by atoms with Crippen LogP contribution in [0.4, 0.5) is 0 Å². The van der Waals surface area contributed by atoms with Crippen LogP contribution in [0, 0.1) is 6.92 Å². The summed E-state index contributed by atoms with van der Waals surface area (Å²) in [5.74, 6) is 0.230. The van der Waals surface area contributed by atoms with Gasteiger partial charge in [0.2, 0.25) is 0 Å². The van der Waals surface area contributed by atoms with Crippen LogP contribution in [0.1, 0.15) is 24.3 Å². The quantitative estimate of drug-likeness (QED) is 0.646. The van der Waals surface area contributed by atoms with Crippen LogP contribution in [-0.4, -0.2) is 25.1 Å². The molecule has 3 aromatic rings. The Morgan fingerprint density at radius 1 is 1.07 bits per heavy atom. The fraction of sp³-hybridized carbons (Fsp3) is 0.238. The van der Waals surface area contributed by atoms with Crippen LogP contribution in [0.3, 0.4) is 0 Å². The van der Waals surface area contributed by atoms with Crippen molar-refractivity contribution >= 4 is 22.8 Å². The van der Waals surface area contributed by atoms with E-state index in [1.165, 1.54) is 0 Å². The molecule has 0 saturated carbocycles. The lowest BCUT2D eigenvalue weighted by molar-refractivity contribution is -0.150. The van der Waals surface area contributed by atoms with E-state index in [4.69, 9.17) is 13.9 Å². The number of benzene rings is 2. The Balaban J connectivity index is 1.44. The van der Waals surface area contributed by atoms with Crippen LogP contribution < -0.4 is 10.1 Å². The molecule has 1 amide bonds. The largest absolute Gasteiger partial charge is 0.482 e. The Kier molecular flexibility index (Phi) is 5.76. The zero-order chi connectivity index (χ0) is 19.2. The number of amides is 1. The molecule has 0 aliphatic heterocycles. The van der Waals surface area contributed by atoms with E-state index in [0.29, 0.717) is 11.5 Å². The smallest absolute Gasteiger partial charge is 0.344 e. The number of rotatable bonds is 7. The van der Waals surface area contributed by atoms with E-state index in [-0.39, 0.29) is 19.3 Å². The number of aryl methyl sites for hydroxylation is 1. The van der Waals surface area contributed by atoms with Crippen LogP contribution in [0.5, 0.6) is 5.75 Å². The van der Waals surface area contributed by atoms with E-state index >= 15 is 0 Å². The molecular formula is C21H21NO5. The van der Waals surface area contributed by atoms with Crippen molar-refractivity contribution < 1.29 is 23.5 Å². The molecule has 140 valence electrons. The van der Waals surface area contributed by atoms with Gasteiger partial charge in [-0.1, -0.05) is 36.4 Å². The van der Waals surface area contributed by atoms with Crippen molar-refractivity contribution in [2.24, 2.45) is 0 Å². The van der Waals surface area contributed by atoms with Gasteiger partial charge in [0.05, 0.1) is 6.04 Å². The molecule has 1 aromatic heterocycles. The second-order valence-corrected chi connectivity index (χ2v) is 6.19. The monoisotopic (exact) mass is 367 g/mol. The van der Waals surface area contributed by atoms with Crippen LogP contribution >= 0.6 is 0 Å². The molecule has 1 atom stereocenters. The summed E-state index contributed by atoms with van der Waals surface area (Å²) in [6.07, 6.45) is 0. The Labute approximate surface area is 157 Å². The standard InChI is InChI=1S/C21H21NO5/c1-14-7-3-5-9-17(14)25-13-21(24)26-12-20(23)22-15(2)19-11-16-8-4-6-10-18(16)27-19/h3-11,15H,12-13H2,1-2H3,(H,22,23). The van der Waals surface area contributed by atoms with Gasteiger partial charge < -0.3 is 19.2 Å². The molecule has 6 nitrogen and oxygen atoms in total. The van der Waals surface area contributed by atoms with Crippen LogP contribution in [0.25, 0.3) is 11.0 Å². The topological polar surface area (TPSA) is 77.8 Å². The first kappa shape index (κ1) is 18.5. The number of carbonyl (C=O) groups excluding carboxylic acids is 2. The van der Waals surface area contributed by atoms with Gasteiger partial charge >= 0.3 is 5.97 Å². The maximum absolute atomic E-state index is 12.0. The molecule has 1 unspecified atom stereocenters. The summed E-state index contributed by atoms with van der Waals surface area (Å²) in [5.41, 5.74) is 1.68. The summed E-state index contributed by atoms with van der Waals surface area (Å²) < 4.78 is 16.1. The highest BCUT2D eigenvalue weighted by atomic mass is 16.6. The summed E-state index contributed by atoms with van der Waals surface area (Å²) in [4.78, 5) is 23.8. The summed E-state index contributed by atoms with van der Waals surface area (Å²) in [7, 11) is 0. The Hall–Kier alpha value is -3.28. The van der Waals surface area contributed by atoms with Crippen molar-refractivity contribution in [2.75, 3.05) is 13.2 Å². The van der Waals surface area contributed by atoms with Gasteiger partial charge in [0.1, 0.15) is 17.1 Å². The van der Waals surface area contributed by atoms with Crippen molar-refractivity contribution in [1.82, 2.24) is 5.32 Å². The second-order valence-electron chi connectivity index (χ2n) is 6.19. The fourth-order valence-corrected chi connectivity index (χ4v) is 2.61. The Bertz CT molecular complexity index is 913. The third-order valence-corrected chi connectivity index (χ3v) is 4.05. The third-order valence-electron chi connectivity index (χ3n) is 4.05. The highest BCUT2D eigenvalue weighted by molar-refractivity contribution is 5.82. The fourth-order valence-electron chi connectivity index (χ4n) is 2.61. The zero-order valence-electron chi connectivity index (χ0n) is 15.2. The van der Waals surface area contributed by atoms with E-state index in [1.54, 1.807) is 13.0 Å². The maximum atomic E-state index is 12.0. The lowest BCUT2D eigenvalue weighted by atomic mass is 10.2. The average Bonchev–Trinajstić information content (AvgIpc) is 3.10. The van der Waals surface area contributed by atoms with E-state index in [2.05, 4.69) is 5.32 Å². The normalized spacial score (nSPS) is 11.8. The lowest BCUT2D eigenvalue weighted by Crippen LogP contribution is -2.31. The van der Waals surface area contributed by atoms with Gasteiger partial charge in [-0.05, 0) is 37.6 Å². The SMILES string of the molecule is Cc1ccccc1OCC(=O)OCC(=O)NC(C)c1cc2ccccc2o1. The molecule has 0 aliphatic rings. The third kappa shape index (κ3) is 4.88. The number of esters is 1. The number of hydrogen-bond acceptors (Lipinski definition) is 5. The van der Waals surface area contributed by atoms with E-state index in [0.717, 1.165) is 16.5 Å². The molecule has 27 heavy (non-hydrogen) atoms. The maximum Gasteiger partial charge on any atom is 0.344 e. The number of nitrogens with one attached hydrogen (secondary N) is 1. The predicted molar refractivity (Wildman–Crippen MR) is 100 cm³/mol. The lowest BCUT2D eigenvalue weighted by Gasteiger charge is -2.12. The molecule has 0 spiro atoms. The van der Waals surface area contributed by atoms with Gasteiger partial charge in [0, 0.05) is 5.39 Å². The number of ether oxygens (including phenoxy) is 2. The summed E-state index contributed by atoms with van der Waals surface area (Å²) in [6.45, 7) is 3.06. The molecule has 0 saturated heterocycles. The number of carbonyl (C=O) groups is 2. The summed E-state index contributed by atoms with van der Waals surface area (Å²) >= 11 is 0. The van der Waals surface area contributed by atoms with Crippen LogP contribution in [-0.2, 0) is 14.3 Å². The van der Waals surface area contributed by atoms with Crippen molar-refractivity contribution in [3.05, 3.63) is 65.9 Å². The molecule has 1 heterocycles. The van der Waals surface area contributed by atoms with Gasteiger partial charge in [-0.25, -0.2) is 4.79 Å². The first-order valence-corrected chi connectivity index (χ1v) is 8.65. The van der Waals surface area contributed by atoms with Crippen molar-refractivity contribution in [3.8, 4) is 5.75 Å². The van der Waals surface area contributed by atoms with Gasteiger partial charge in [-0.3, -0.25) is 4.79 Å². The number of para-hydroxylation sites is 2.